The number of rotatable bonds is 6. The number of carbonyl (C=O) groups is 1. The second kappa shape index (κ2) is 11.7. The molecule has 10 heteroatoms. The molecule has 4 atom stereocenters. The van der Waals surface area contributed by atoms with E-state index in [1.165, 1.54) is 7.05 Å². The van der Waals surface area contributed by atoms with Crippen LogP contribution in [0.3, 0.4) is 0 Å². The monoisotopic (exact) mass is 387 g/mol. The Kier molecular flexibility index (Phi) is 10.0. The summed E-state index contributed by atoms with van der Waals surface area (Å²) in [6.45, 7) is 3.93. The first kappa shape index (κ1) is 23.1. The van der Waals surface area contributed by atoms with Crippen molar-refractivity contribution in [1.82, 2.24) is 10.5 Å². The van der Waals surface area contributed by atoms with Crippen molar-refractivity contribution >= 4 is 11.7 Å². The zero-order valence-corrected chi connectivity index (χ0v) is 15.7. The minimum atomic E-state index is -1.24. The van der Waals surface area contributed by atoms with Crippen LogP contribution < -0.4 is 15.4 Å². The largest absolute Gasteiger partial charge is 0.462 e. The molecule has 0 saturated carbocycles. The Bertz CT molecular complexity index is 556. The minimum absolute atomic E-state index is 0.0365. The topological polar surface area (TPSA) is 144 Å². The second-order valence-electron chi connectivity index (χ2n) is 5.65. The molecule has 2 rings (SSSR count). The Morgan fingerprint density at radius 3 is 2.44 bits per heavy atom. The molecule has 0 aliphatic carbocycles. The van der Waals surface area contributed by atoms with Gasteiger partial charge in [0.2, 0.25) is 6.29 Å². The zero-order valence-electron chi connectivity index (χ0n) is 15.7. The van der Waals surface area contributed by atoms with E-state index in [-0.39, 0.29) is 30.6 Å². The third-order valence-electron chi connectivity index (χ3n) is 3.75. The number of aliphatic hydroxyl groups excluding tert-OH is 2. The number of hydrogen-bond donors (Lipinski definition) is 6. The number of nitrogens with zero attached hydrogens (tertiary/aromatic N) is 1. The maximum Gasteiger partial charge on any atom is 0.318 e. The van der Waals surface area contributed by atoms with Gasteiger partial charge in [-0.3, -0.25) is 10.4 Å². The van der Waals surface area contributed by atoms with Gasteiger partial charge in [-0.25, -0.2) is 4.79 Å². The van der Waals surface area contributed by atoms with Crippen molar-refractivity contribution in [1.29, 1.82) is 0 Å². The van der Waals surface area contributed by atoms with Crippen LogP contribution >= 0.6 is 0 Å². The SMILES string of the molecule is CC.CNC(=O)Nc1ccc(OC2OC(CCN(O)O)CC(O)C2O)cc1. The molecule has 1 aromatic rings. The molecule has 1 aliphatic heterocycles. The number of benzene rings is 1. The quantitative estimate of drug-likeness (QED) is 0.399. The third-order valence-corrected chi connectivity index (χ3v) is 3.75. The fraction of sp³-hybridized carbons (Fsp3) is 0.588. The van der Waals surface area contributed by atoms with Gasteiger partial charge in [-0.1, -0.05) is 19.1 Å². The van der Waals surface area contributed by atoms with Crippen LogP contribution in [-0.2, 0) is 4.74 Å². The van der Waals surface area contributed by atoms with Gasteiger partial charge < -0.3 is 30.3 Å². The molecule has 2 amide bonds. The van der Waals surface area contributed by atoms with Gasteiger partial charge in [0.05, 0.1) is 18.8 Å². The zero-order chi connectivity index (χ0) is 20.4. The van der Waals surface area contributed by atoms with E-state index in [2.05, 4.69) is 10.6 Å². The van der Waals surface area contributed by atoms with Gasteiger partial charge in [0.1, 0.15) is 11.9 Å². The van der Waals surface area contributed by atoms with E-state index in [9.17, 15) is 15.0 Å². The second-order valence-corrected chi connectivity index (χ2v) is 5.65. The van der Waals surface area contributed by atoms with Gasteiger partial charge in [0, 0.05) is 19.2 Å². The van der Waals surface area contributed by atoms with Crippen LogP contribution in [0.5, 0.6) is 5.75 Å². The summed E-state index contributed by atoms with van der Waals surface area (Å²) in [7, 11) is 1.50. The number of hydroxylamine groups is 2. The average Bonchev–Trinajstić information content (AvgIpc) is 2.66. The Hall–Kier alpha value is -1.95. The highest BCUT2D eigenvalue weighted by Crippen LogP contribution is 2.26. The molecule has 0 radical (unpaired) electrons. The van der Waals surface area contributed by atoms with Crippen LogP contribution in [0.1, 0.15) is 26.7 Å². The number of ether oxygens (including phenoxy) is 2. The summed E-state index contributed by atoms with van der Waals surface area (Å²) in [5, 5.41) is 42.5. The van der Waals surface area contributed by atoms with Crippen molar-refractivity contribution in [2.45, 2.75) is 51.3 Å². The van der Waals surface area contributed by atoms with Crippen molar-refractivity contribution < 1.29 is 34.9 Å². The van der Waals surface area contributed by atoms with Crippen LogP contribution in [0.25, 0.3) is 0 Å². The van der Waals surface area contributed by atoms with Crippen molar-refractivity contribution in [2.24, 2.45) is 0 Å². The number of urea groups is 1. The van der Waals surface area contributed by atoms with Crippen molar-refractivity contribution in [3.63, 3.8) is 0 Å². The summed E-state index contributed by atoms with van der Waals surface area (Å²) < 4.78 is 11.1. The molecule has 154 valence electrons. The summed E-state index contributed by atoms with van der Waals surface area (Å²) in [5.74, 6) is 0.380. The Morgan fingerprint density at radius 2 is 1.89 bits per heavy atom. The molecule has 27 heavy (non-hydrogen) atoms. The fourth-order valence-electron chi connectivity index (χ4n) is 2.40. The molecule has 4 unspecified atom stereocenters. The predicted molar refractivity (Wildman–Crippen MR) is 96.7 cm³/mol. The lowest BCUT2D eigenvalue weighted by atomic mass is 10.0. The van der Waals surface area contributed by atoms with E-state index in [1.54, 1.807) is 24.3 Å². The summed E-state index contributed by atoms with van der Waals surface area (Å²) >= 11 is 0. The lowest BCUT2D eigenvalue weighted by Crippen LogP contribution is -2.51. The van der Waals surface area contributed by atoms with Crippen LogP contribution in [0.2, 0.25) is 0 Å². The number of carbonyl (C=O) groups excluding carboxylic acids is 1. The summed E-state index contributed by atoms with van der Waals surface area (Å²) in [4.78, 5) is 11.2. The molecule has 1 saturated heterocycles. The number of aliphatic hydroxyl groups is 2. The molecule has 0 bridgehead atoms. The van der Waals surface area contributed by atoms with Gasteiger partial charge in [0.15, 0.2) is 0 Å². The normalized spacial score (nSPS) is 24.6. The van der Waals surface area contributed by atoms with E-state index >= 15 is 0 Å². The molecule has 1 heterocycles. The molecule has 1 aromatic carbocycles. The summed E-state index contributed by atoms with van der Waals surface area (Å²) in [6, 6.07) is 6.04. The number of hydrogen-bond acceptors (Lipinski definition) is 8. The molecule has 0 aromatic heterocycles. The molecule has 0 spiro atoms. The van der Waals surface area contributed by atoms with E-state index in [0.29, 0.717) is 11.4 Å². The van der Waals surface area contributed by atoms with Gasteiger partial charge in [-0.15, -0.1) is 0 Å². The molecule has 1 aliphatic rings. The van der Waals surface area contributed by atoms with Crippen LogP contribution in [0, 0.1) is 0 Å². The van der Waals surface area contributed by atoms with Gasteiger partial charge in [0.25, 0.3) is 0 Å². The number of anilines is 1. The van der Waals surface area contributed by atoms with E-state index in [4.69, 9.17) is 19.9 Å². The Balaban J connectivity index is 0.00000176. The highest BCUT2D eigenvalue weighted by Gasteiger charge is 2.38. The highest BCUT2D eigenvalue weighted by atomic mass is 16.8. The lowest BCUT2D eigenvalue weighted by molar-refractivity contribution is -0.312. The van der Waals surface area contributed by atoms with Crippen LogP contribution in [-0.4, -0.2) is 70.1 Å². The maximum atomic E-state index is 11.2. The minimum Gasteiger partial charge on any atom is -0.462 e. The molecule has 10 nitrogen and oxygen atoms in total. The number of amides is 2. The van der Waals surface area contributed by atoms with Crippen molar-refractivity contribution in [2.75, 3.05) is 18.9 Å². The van der Waals surface area contributed by atoms with Gasteiger partial charge in [-0.05, 0) is 30.7 Å². The third kappa shape index (κ3) is 7.67. The smallest absolute Gasteiger partial charge is 0.318 e. The lowest BCUT2D eigenvalue weighted by Gasteiger charge is -2.37. The predicted octanol–water partition coefficient (Wildman–Crippen LogP) is 1.15. The van der Waals surface area contributed by atoms with Crippen molar-refractivity contribution in [3.8, 4) is 5.75 Å². The van der Waals surface area contributed by atoms with E-state index in [0.717, 1.165) is 0 Å². The fourth-order valence-corrected chi connectivity index (χ4v) is 2.40. The molecule has 6 N–H and O–H groups in total. The van der Waals surface area contributed by atoms with Crippen molar-refractivity contribution in [3.05, 3.63) is 24.3 Å². The first-order valence-corrected chi connectivity index (χ1v) is 8.81. The summed E-state index contributed by atoms with van der Waals surface area (Å²) in [6.07, 6.45) is -3.49. The molecular weight excluding hydrogens is 358 g/mol. The average molecular weight is 387 g/mol. The van der Waals surface area contributed by atoms with Crippen LogP contribution in [0.15, 0.2) is 24.3 Å². The first-order valence-electron chi connectivity index (χ1n) is 8.81. The maximum absolute atomic E-state index is 11.2. The Morgan fingerprint density at radius 1 is 1.26 bits per heavy atom. The number of nitrogens with one attached hydrogen (secondary N) is 2. The van der Waals surface area contributed by atoms with Gasteiger partial charge in [-0.2, -0.15) is 0 Å². The van der Waals surface area contributed by atoms with Gasteiger partial charge >= 0.3 is 6.03 Å². The van der Waals surface area contributed by atoms with Crippen LogP contribution in [0.4, 0.5) is 10.5 Å². The summed E-state index contributed by atoms with van der Waals surface area (Å²) in [5.41, 5.74) is 0.556. The first-order chi connectivity index (χ1) is 12.9. The van der Waals surface area contributed by atoms with E-state index < -0.39 is 24.6 Å². The molecule has 1 fully saturated rings. The highest BCUT2D eigenvalue weighted by molar-refractivity contribution is 5.88. The van der Waals surface area contributed by atoms with E-state index in [1.807, 2.05) is 13.8 Å². The standard InChI is InChI=1S/C15H23N3O7.C2H6/c1-16-15(21)17-9-2-4-10(5-3-9)24-14-13(20)12(19)8-11(25-14)6-7-18(22)23;1-2/h2-5,11-14,19-20,22-23H,6-8H2,1H3,(H2,16,17,21);1-2H3. The molecular formula is C17H29N3O7. The Labute approximate surface area is 158 Å².